The number of nitrogen functional groups attached to an aromatic ring is 1. The maximum Gasteiger partial charge on any atom is 0.336 e. The van der Waals surface area contributed by atoms with Gasteiger partial charge < -0.3 is 10.8 Å². The molecule has 0 unspecified atom stereocenters. The van der Waals surface area contributed by atoms with Gasteiger partial charge >= 0.3 is 5.97 Å². The van der Waals surface area contributed by atoms with Crippen molar-refractivity contribution in [2.75, 3.05) is 5.73 Å². The number of aromatic carboxylic acids is 1. The number of benzene rings is 1. The molecule has 0 saturated heterocycles. The summed E-state index contributed by atoms with van der Waals surface area (Å²) in [5.74, 6) is -1.11. The minimum absolute atomic E-state index is 0.0247. The summed E-state index contributed by atoms with van der Waals surface area (Å²) in [6.07, 6.45) is 1.57. The molecule has 0 fully saturated rings. The van der Waals surface area contributed by atoms with E-state index in [9.17, 15) is 9.90 Å². The highest BCUT2D eigenvalue weighted by Crippen LogP contribution is 2.39. The summed E-state index contributed by atoms with van der Waals surface area (Å²) < 4.78 is 0. The monoisotopic (exact) mass is 314 g/mol. The van der Waals surface area contributed by atoms with Crippen molar-refractivity contribution in [3.63, 3.8) is 0 Å². The van der Waals surface area contributed by atoms with Crippen LogP contribution < -0.4 is 5.73 Å². The Morgan fingerprint density at radius 3 is 2.68 bits per heavy atom. The van der Waals surface area contributed by atoms with E-state index in [0.717, 1.165) is 11.8 Å². The summed E-state index contributed by atoms with van der Waals surface area (Å²) >= 11 is 13.1. The van der Waals surface area contributed by atoms with E-state index in [4.69, 9.17) is 28.9 Å². The first kappa shape index (κ1) is 14.0. The van der Waals surface area contributed by atoms with E-state index in [1.54, 1.807) is 18.3 Å². The molecule has 0 bridgehead atoms. The van der Waals surface area contributed by atoms with Gasteiger partial charge in [-0.2, -0.15) is 0 Å². The van der Waals surface area contributed by atoms with Crippen LogP contribution in [0.4, 0.5) is 5.69 Å². The van der Waals surface area contributed by atoms with Crippen LogP contribution in [0.5, 0.6) is 0 Å². The van der Waals surface area contributed by atoms with Crippen LogP contribution in [0.1, 0.15) is 10.4 Å². The third-order valence-corrected chi connectivity index (χ3v) is 4.21. The summed E-state index contributed by atoms with van der Waals surface area (Å²) in [7, 11) is 0. The maximum atomic E-state index is 11.2. The summed E-state index contributed by atoms with van der Waals surface area (Å²) in [4.78, 5) is 15.7. The highest BCUT2D eigenvalue weighted by Gasteiger charge is 2.17. The van der Waals surface area contributed by atoms with Crippen LogP contribution in [0.15, 0.2) is 40.4 Å². The Bertz CT molecular complexity index is 650. The van der Waals surface area contributed by atoms with Crippen molar-refractivity contribution in [1.82, 2.24) is 4.98 Å². The number of carboxylic acids is 1. The topological polar surface area (TPSA) is 76.2 Å². The van der Waals surface area contributed by atoms with E-state index in [2.05, 4.69) is 4.98 Å². The Labute approximate surface area is 123 Å². The standard InChI is InChI=1S/C12H8Cl2N2O2S/c13-8-2-1-3-16-11(8)19-10-7(12(17)18)4-6(15)5-9(10)14/h1-5H,15H2,(H,17,18). The Hall–Kier alpha value is -1.43. The molecule has 0 saturated carbocycles. The van der Waals surface area contributed by atoms with E-state index in [1.165, 1.54) is 12.1 Å². The van der Waals surface area contributed by atoms with Crippen LogP contribution in [0.3, 0.4) is 0 Å². The number of carboxylic acid groups (broad SMARTS) is 1. The van der Waals surface area contributed by atoms with E-state index < -0.39 is 5.97 Å². The number of hydrogen-bond donors (Lipinski definition) is 2. The first-order valence-electron chi connectivity index (χ1n) is 5.09. The van der Waals surface area contributed by atoms with Gasteiger partial charge in [0.1, 0.15) is 5.03 Å². The molecular formula is C12H8Cl2N2O2S. The second-order valence-electron chi connectivity index (χ2n) is 3.58. The number of nitrogens with two attached hydrogens (primary N) is 1. The number of nitrogens with zero attached hydrogens (tertiary/aromatic N) is 1. The Balaban J connectivity index is 2.51. The molecule has 7 heteroatoms. The van der Waals surface area contributed by atoms with Crippen LogP contribution >= 0.6 is 35.0 Å². The fourth-order valence-electron chi connectivity index (χ4n) is 1.42. The van der Waals surface area contributed by atoms with Gasteiger partial charge in [-0.15, -0.1) is 0 Å². The number of hydrogen-bond acceptors (Lipinski definition) is 4. The molecule has 0 radical (unpaired) electrons. The highest BCUT2D eigenvalue weighted by atomic mass is 35.5. The van der Waals surface area contributed by atoms with Crippen LogP contribution in [0, 0.1) is 0 Å². The molecule has 0 aliphatic heterocycles. The predicted molar refractivity (Wildman–Crippen MR) is 76.2 cm³/mol. The molecule has 1 heterocycles. The lowest BCUT2D eigenvalue weighted by Crippen LogP contribution is -2.01. The Morgan fingerprint density at radius 2 is 2.05 bits per heavy atom. The average molecular weight is 315 g/mol. The normalized spacial score (nSPS) is 10.4. The van der Waals surface area contributed by atoms with Crippen molar-refractivity contribution >= 4 is 46.6 Å². The quantitative estimate of drug-likeness (QED) is 0.842. The van der Waals surface area contributed by atoms with Gasteiger partial charge in [-0.25, -0.2) is 9.78 Å². The fourth-order valence-corrected chi connectivity index (χ4v) is 2.89. The lowest BCUT2D eigenvalue weighted by Gasteiger charge is -2.09. The average Bonchev–Trinajstić information content (AvgIpc) is 2.34. The van der Waals surface area contributed by atoms with E-state index in [0.29, 0.717) is 20.6 Å². The molecule has 0 spiro atoms. The molecule has 0 atom stereocenters. The molecule has 0 aliphatic carbocycles. The number of halogens is 2. The van der Waals surface area contributed by atoms with Gasteiger partial charge in [-0.05, 0) is 24.3 Å². The summed E-state index contributed by atoms with van der Waals surface area (Å²) in [5, 5.41) is 10.3. The maximum absolute atomic E-state index is 11.2. The van der Waals surface area contributed by atoms with Crippen molar-refractivity contribution in [1.29, 1.82) is 0 Å². The minimum atomic E-state index is -1.11. The smallest absolute Gasteiger partial charge is 0.336 e. The van der Waals surface area contributed by atoms with E-state index in [1.807, 2.05) is 0 Å². The van der Waals surface area contributed by atoms with E-state index >= 15 is 0 Å². The molecule has 2 aromatic rings. The van der Waals surface area contributed by atoms with Crippen molar-refractivity contribution in [3.8, 4) is 0 Å². The Kier molecular flexibility index (Phi) is 4.19. The van der Waals surface area contributed by atoms with Crippen molar-refractivity contribution in [3.05, 3.63) is 46.1 Å². The number of rotatable bonds is 3. The molecule has 0 aliphatic rings. The zero-order chi connectivity index (χ0) is 14.0. The third-order valence-electron chi connectivity index (χ3n) is 2.22. The molecule has 2 rings (SSSR count). The van der Waals surface area contributed by atoms with Crippen molar-refractivity contribution in [2.24, 2.45) is 0 Å². The van der Waals surface area contributed by atoms with Crippen molar-refractivity contribution in [2.45, 2.75) is 9.92 Å². The zero-order valence-corrected chi connectivity index (χ0v) is 11.8. The van der Waals surface area contributed by atoms with Gasteiger partial charge in [0.25, 0.3) is 0 Å². The molecule has 1 aromatic carbocycles. The number of pyridine rings is 1. The van der Waals surface area contributed by atoms with Crippen molar-refractivity contribution < 1.29 is 9.90 Å². The molecule has 98 valence electrons. The molecule has 3 N–H and O–H groups in total. The summed E-state index contributed by atoms with van der Waals surface area (Å²) in [6, 6.07) is 6.21. The number of aromatic nitrogens is 1. The van der Waals surface area contributed by atoms with Gasteiger partial charge in [0, 0.05) is 16.8 Å². The van der Waals surface area contributed by atoms with Gasteiger partial charge in [0.2, 0.25) is 0 Å². The van der Waals surface area contributed by atoms with Crippen LogP contribution in [-0.2, 0) is 0 Å². The molecular weight excluding hydrogens is 307 g/mol. The third kappa shape index (κ3) is 3.12. The van der Waals surface area contributed by atoms with E-state index in [-0.39, 0.29) is 10.6 Å². The SMILES string of the molecule is Nc1cc(Cl)c(Sc2ncccc2Cl)c(C(=O)O)c1. The van der Waals surface area contributed by atoms with Crippen LogP contribution in [-0.4, -0.2) is 16.1 Å². The lowest BCUT2D eigenvalue weighted by atomic mass is 10.2. The molecule has 19 heavy (non-hydrogen) atoms. The zero-order valence-electron chi connectivity index (χ0n) is 9.43. The first-order chi connectivity index (χ1) is 8.99. The Morgan fingerprint density at radius 1 is 1.32 bits per heavy atom. The summed E-state index contributed by atoms with van der Waals surface area (Å²) in [6.45, 7) is 0. The fraction of sp³-hybridized carbons (Fsp3) is 0. The largest absolute Gasteiger partial charge is 0.478 e. The van der Waals surface area contributed by atoms with Crippen LogP contribution in [0.25, 0.3) is 0 Å². The predicted octanol–water partition coefficient (Wildman–Crippen LogP) is 3.82. The molecule has 4 nitrogen and oxygen atoms in total. The number of carbonyl (C=O) groups is 1. The molecule has 0 amide bonds. The molecule has 1 aromatic heterocycles. The van der Waals surface area contributed by atoms with Gasteiger partial charge in [0.05, 0.1) is 15.6 Å². The lowest BCUT2D eigenvalue weighted by molar-refractivity contribution is 0.0693. The van der Waals surface area contributed by atoms with Gasteiger partial charge in [0.15, 0.2) is 0 Å². The second kappa shape index (κ2) is 5.69. The van der Waals surface area contributed by atoms with Gasteiger partial charge in [-0.3, -0.25) is 0 Å². The second-order valence-corrected chi connectivity index (χ2v) is 5.39. The van der Waals surface area contributed by atoms with Crippen LogP contribution in [0.2, 0.25) is 10.0 Å². The summed E-state index contributed by atoms with van der Waals surface area (Å²) in [5.41, 5.74) is 5.91. The highest BCUT2D eigenvalue weighted by molar-refractivity contribution is 7.99. The van der Waals surface area contributed by atoms with Gasteiger partial charge in [-0.1, -0.05) is 35.0 Å². The first-order valence-corrected chi connectivity index (χ1v) is 6.67. The number of anilines is 1. The minimum Gasteiger partial charge on any atom is -0.478 e.